The van der Waals surface area contributed by atoms with Crippen molar-refractivity contribution >= 4 is 59.4 Å². The molecule has 0 saturated carbocycles. The Morgan fingerprint density at radius 2 is 1.04 bits per heavy atom. The maximum Gasteiger partial charge on any atom is -0.00201 e. The van der Waals surface area contributed by atoms with E-state index in [9.17, 15) is 0 Å². The molecule has 0 saturated heterocycles. The molecule has 0 amide bonds. The molecule has 9 rings (SSSR count). The van der Waals surface area contributed by atoms with Crippen molar-refractivity contribution < 1.29 is 0 Å². The van der Waals surface area contributed by atoms with E-state index in [4.69, 9.17) is 0 Å². The summed E-state index contributed by atoms with van der Waals surface area (Å²) in [6, 6.07) is 56.0. The molecule has 0 heterocycles. The summed E-state index contributed by atoms with van der Waals surface area (Å²) in [5, 5.41) is 12.8. The molecule has 0 spiro atoms. The van der Waals surface area contributed by atoms with Gasteiger partial charge in [-0.1, -0.05) is 176 Å². The molecule has 0 aliphatic rings. The van der Waals surface area contributed by atoms with Crippen molar-refractivity contribution in [3.05, 3.63) is 188 Å². The fourth-order valence-corrected chi connectivity index (χ4v) is 7.98. The third kappa shape index (κ3) is 4.60. The van der Waals surface area contributed by atoms with E-state index in [1.165, 1.54) is 92.8 Å². The highest BCUT2D eigenvalue weighted by Gasteiger charge is 2.19. The van der Waals surface area contributed by atoms with Crippen molar-refractivity contribution in [3.8, 4) is 33.4 Å². The van der Waals surface area contributed by atoms with Crippen molar-refractivity contribution in [1.29, 1.82) is 0 Å². The van der Waals surface area contributed by atoms with Gasteiger partial charge in [-0.05, 0) is 111 Å². The van der Waals surface area contributed by atoms with Crippen LogP contribution < -0.4 is 0 Å². The zero-order valence-corrected chi connectivity index (χ0v) is 27.5. The van der Waals surface area contributed by atoms with Gasteiger partial charge >= 0.3 is 0 Å². The number of allylic oxidation sites excluding steroid dienone is 5. The molecule has 0 unspecified atom stereocenters. The largest absolute Gasteiger partial charge is 0.0984 e. The molecule has 0 N–H and O–H groups in total. The number of benzene rings is 9. The molecule has 230 valence electrons. The molecule has 9 aromatic rings. The Hall–Kier alpha value is -6.24. The first-order valence-electron chi connectivity index (χ1n) is 17.0. The van der Waals surface area contributed by atoms with Gasteiger partial charge in [0, 0.05) is 0 Å². The first-order chi connectivity index (χ1) is 24.2. The Labute approximate surface area is 286 Å². The van der Waals surface area contributed by atoms with Gasteiger partial charge < -0.3 is 0 Å². The second-order valence-corrected chi connectivity index (χ2v) is 12.8. The summed E-state index contributed by atoms with van der Waals surface area (Å²) in [4.78, 5) is 0. The quantitative estimate of drug-likeness (QED) is 0.0983. The average Bonchev–Trinajstić information content (AvgIpc) is 3.16. The van der Waals surface area contributed by atoms with Crippen LogP contribution in [0.5, 0.6) is 0 Å². The Morgan fingerprint density at radius 1 is 0.469 bits per heavy atom. The zero-order chi connectivity index (χ0) is 32.9. The maximum atomic E-state index is 4.18. The highest BCUT2D eigenvalue weighted by Crippen LogP contribution is 2.46. The predicted molar refractivity (Wildman–Crippen MR) is 214 cm³/mol. The monoisotopic (exact) mass is 622 g/mol. The van der Waals surface area contributed by atoms with E-state index in [0.29, 0.717) is 0 Å². The normalized spacial score (nSPS) is 12.3. The molecule has 0 nitrogen and oxygen atoms in total. The van der Waals surface area contributed by atoms with Crippen LogP contribution in [-0.4, -0.2) is 0 Å². The van der Waals surface area contributed by atoms with Crippen LogP contribution in [0.15, 0.2) is 183 Å². The molecule has 9 aromatic carbocycles. The van der Waals surface area contributed by atoms with Gasteiger partial charge in [0.05, 0.1) is 0 Å². The van der Waals surface area contributed by atoms with Gasteiger partial charge in [0.2, 0.25) is 0 Å². The van der Waals surface area contributed by atoms with Crippen molar-refractivity contribution in [1.82, 2.24) is 0 Å². The van der Waals surface area contributed by atoms with Gasteiger partial charge in [0.25, 0.3) is 0 Å². The van der Waals surface area contributed by atoms with Crippen molar-refractivity contribution in [2.45, 2.75) is 6.92 Å². The standard InChI is InChI=1S/C49H34/c1-3-5-14-32(4-2)38-19-6-7-20-40(38)49-43-23-10-8-21-41(43)47(42-22-9-11-24-44(42)49)37-18-13-17-36(31-37)39-29-27-35-26-25-33-15-12-16-34-28-30-45(39)48(35)46(33)34/h3-31H,2H2,1H3/b5-3-,32-14+. The van der Waals surface area contributed by atoms with Crippen LogP contribution in [0.3, 0.4) is 0 Å². The third-order valence-corrected chi connectivity index (χ3v) is 10.1. The first kappa shape index (κ1) is 28.9. The summed E-state index contributed by atoms with van der Waals surface area (Å²) < 4.78 is 0. The van der Waals surface area contributed by atoms with E-state index < -0.39 is 0 Å². The van der Waals surface area contributed by atoms with E-state index >= 15 is 0 Å². The molecule has 0 aromatic heterocycles. The summed E-state index contributed by atoms with van der Waals surface area (Å²) in [7, 11) is 0. The van der Waals surface area contributed by atoms with Gasteiger partial charge in [-0.25, -0.2) is 0 Å². The Kier molecular flexibility index (Phi) is 6.95. The maximum absolute atomic E-state index is 4.18. The van der Waals surface area contributed by atoms with Gasteiger partial charge in [-0.15, -0.1) is 0 Å². The molecule has 0 atom stereocenters. The van der Waals surface area contributed by atoms with Gasteiger partial charge in [-0.3, -0.25) is 0 Å². The van der Waals surface area contributed by atoms with E-state index in [0.717, 1.165) is 5.57 Å². The van der Waals surface area contributed by atoms with Crippen LogP contribution in [0.25, 0.3) is 92.8 Å². The lowest BCUT2D eigenvalue weighted by atomic mass is 9.83. The third-order valence-electron chi connectivity index (χ3n) is 10.1. The summed E-state index contributed by atoms with van der Waals surface area (Å²) >= 11 is 0. The number of hydrogen-bond donors (Lipinski definition) is 0. The minimum Gasteiger partial charge on any atom is -0.0984 e. The molecule has 0 heteroatoms. The molecule has 0 fully saturated rings. The van der Waals surface area contributed by atoms with Crippen LogP contribution in [0.2, 0.25) is 0 Å². The lowest BCUT2D eigenvalue weighted by molar-refractivity contribution is 1.60. The predicted octanol–water partition coefficient (Wildman–Crippen LogP) is 14.0. The lowest BCUT2D eigenvalue weighted by Gasteiger charge is -2.20. The number of rotatable bonds is 6. The van der Waals surface area contributed by atoms with Crippen molar-refractivity contribution in [2.24, 2.45) is 0 Å². The van der Waals surface area contributed by atoms with E-state index in [2.05, 4.69) is 176 Å². The molecule has 0 aliphatic carbocycles. The van der Waals surface area contributed by atoms with Crippen molar-refractivity contribution in [3.63, 3.8) is 0 Å². The summed E-state index contributed by atoms with van der Waals surface area (Å²) in [5.41, 5.74) is 9.71. The molecule has 0 radical (unpaired) electrons. The Bertz CT molecular complexity index is 2720. The van der Waals surface area contributed by atoms with Crippen molar-refractivity contribution in [2.75, 3.05) is 0 Å². The minimum absolute atomic E-state index is 1.10. The second-order valence-electron chi connectivity index (χ2n) is 12.8. The lowest BCUT2D eigenvalue weighted by Crippen LogP contribution is -1.94. The first-order valence-corrected chi connectivity index (χ1v) is 17.0. The van der Waals surface area contributed by atoms with Crippen LogP contribution in [0.4, 0.5) is 0 Å². The highest BCUT2D eigenvalue weighted by atomic mass is 14.2. The molecular weight excluding hydrogens is 589 g/mol. The minimum atomic E-state index is 1.10. The average molecular weight is 623 g/mol. The second kappa shape index (κ2) is 11.8. The smallest absolute Gasteiger partial charge is 0.00201 e. The summed E-state index contributed by atoms with van der Waals surface area (Å²) in [5.74, 6) is 0. The van der Waals surface area contributed by atoms with Crippen LogP contribution >= 0.6 is 0 Å². The summed E-state index contributed by atoms with van der Waals surface area (Å²) in [6.45, 7) is 6.22. The summed E-state index contributed by atoms with van der Waals surface area (Å²) in [6.07, 6.45) is 8.25. The number of hydrogen-bond acceptors (Lipinski definition) is 0. The van der Waals surface area contributed by atoms with Gasteiger partial charge in [0.1, 0.15) is 0 Å². The van der Waals surface area contributed by atoms with Gasteiger partial charge in [0.15, 0.2) is 0 Å². The Morgan fingerprint density at radius 3 is 1.73 bits per heavy atom. The number of fused-ring (bicyclic) bond motifs is 2. The fraction of sp³-hybridized carbons (Fsp3) is 0.0204. The highest BCUT2D eigenvalue weighted by molar-refractivity contribution is 6.26. The topological polar surface area (TPSA) is 0 Å². The van der Waals surface area contributed by atoms with E-state index in [1.54, 1.807) is 0 Å². The SMILES string of the molecule is C=C/C(=C\C=C/C)c1ccccc1-c1c2ccccc2c(-c2cccc(-c3ccc4ccc5cccc6ccc3c4c56)c2)c2ccccc12. The molecule has 0 bridgehead atoms. The van der Waals surface area contributed by atoms with Crippen LogP contribution in [0, 0.1) is 0 Å². The van der Waals surface area contributed by atoms with Crippen LogP contribution in [-0.2, 0) is 0 Å². The van der Waals surface area contributed by atoms with E-state index in [-0.39, 0.29) is 0 Å². The van der Waals surface area contributed by atoms with E-state index in [1.807, 2.05) is 13.0 Å². The van der Waals surface area contributed by atoms with Crippen LogP contribution in [0.1, 0.15) is 12.5 Å². The molecule has 0 aliphatic heterocycles. The van der Waals surface area contributed by atoms with Gasteiger partial charge in [-0.2, -0.15) is 0 Å². The molecular formula is C49H34. The zero-order valence-electron chi connectivity index (χ0n) is 27.5. The fourth-order valence-electron chi connectivity index (χ4n) is 7.98. The Balaban J connectivity index is 1.31. The molecule has 49 heavy (non-hydrogen) atoms.